The molecule has 0 radical (unpaired) electrons. The van der Waals surface area contributed by atoms with Crippen molar-refractivity contribution >= 4 is 11.9 Å². The molecule has 0 spiro atoms. The number of aliphatic hydroxyl groups is 8. The van der Waals surface area contributed by atoms with Gasteiger partial charge in [0.2, 0.25) is 0 Å². The van der Waals surface area contributed by atoms with Crippen LogP contribution in [0.5, 0.6) is 0 Å². The molecule has 172 valence electrons. The average molecular weight is 420 g/mol. The van der Waals surface area contributed by atoms with E-state index in [4.69, 9.17) is 51.1 Å². The van der Waals surface area contributed by atoms with Crippen LogP contribution in [-0.4, -0.2) is 116 Å². The zero-order valence-electron chi connectivity index (χ0n) is 16.4. The molecule has 28 heavy (non-hydrogen) atoms. The number of carboxylic acid groups (broad SMARTS) is 2. The van der Waals surface area contributed by atoms with Gasteiger partial charge in [0.05, 0.1) is 52.9 Å². The summed E-state index contributed by atoms with van der Waals surface area (Å²) in [6.45, 7) is 8.20. The monoisotopic (exact) mass is 420 g/mol. The summed E-state index contributed by atoms with van der Waals surface area (Å²) >= 11 is 0. The Morgan fingerprint density at radius 1 is 0.500 bits per heavy atom. The van der Waals surface area contributed by atoms with Crippen LogP contribution in [0.3, 0.4) is 0 Å². The Balaban J connectivity index is -0.0000000525. The highest BCUT2D eigenvalue weighted by atomic mass is 16.4. The third kappa shape index (κ3) is 126. The van der Waals surface area contributed by atoms with Crippen LogP contribution in [0.15, 0.2) is 24.3 Å². The molecule has 12 heteroatoms. The SMILES string of the molecule is C=C(C)C(=O)O.C=C(C)C(=O)O.OCCO.OCCO.OCCO.OCCO. The molecular formula is C16H36O12. The number of aliphatic carboxylic acids is 2. The molecule has 0 unspecified atom stereocenters. The van der Waals surface area contributed by atoms with Gasteiger partial charge in [-0.15, -0.1) is 0 Å². The molecule has 0 aliphatic heterocycles. The van der Waals surface area contributed by atoms with Gasteiger partial charge < -0.3 is 51.1 Å². The smallest absolute Gasteiger partial charge is 0.330 e. The summed E-state index contributed by atoms with van der Waals surface area (Å²) in [5.74, 6) is -1.87. The minimum Gasteiger partial charge on any atom is -0.478 e. The molecule has 0 aromatic carbocycles. The van der Waals surface area contributed by atoms with E-state index in [0.29, 0.717) is 0 Å². The Bertz CT molecular complexity index is 260. The van der Waals surface area contributed by atoms with Crippen molar-refractivity contribution in [3.8, 4) is 0 Å². The highest BCUT2D eigenvalue weighted by molar-refractivity contribution is 5.85. The Labute approximate surface area is 164 Å². The molecule has 0 saturated carbocycles. The van der Waals surface area contributed by atoms with Crippen LogP contribution in [0.1, 0.15) is 13.8 Å². The van der Waals surface area contributed by atoms with Gasteiger partial charge in [0.15, 0.2) is 0 Å². The van der Waals surface area contributed by atoms with E-state index >= 15 is 0 Å². The second-order valence-corrected chi connectivity index (χ2v) is 3.96. The van der Waals surface area contributed by atoms with Crippen molar-refractivity contribution in [2.24, 2.45) is 0 Å². The second-order valence-electron chi connectivity index (χ2n) is 3.96. The second kappa shape index (κ2) is 44.5. The van der Waals surface area contributed by atoms with E-state index in [-0.39, 0.29) is 64.0 Å². The lowest BCUT2D eigenvalue weighted by atomic mass is 10.4. The third-order valence-corrected chi connectivity index (χ3v) is 1.13. The largest absolute Gasteiger partial charge is 0.478 e. The quantitative estimate of drug-likeness (QED) is 0.196. The van der Waals surface area contributed by atoms with E-state index in [0.717, 1.165) is 0 Å². The summed E-state index contributed by atoms with van der Waals surface area (Å²) in [7, 11) is 0. The van der Waals surface area contributed by atoms with Crippen LogP contribution in [0.2, 0.25) is 0 Å². The topological polar surface area (TPSA) is 236 Å². The van der Waals surface area contributed by atoms with Gasteiger partial charge in [-0.25, -0.2) is 9.59 Å². The van der Waals surface area contributed by atoms with E-state index in [1.165, 1.54) is 13.8 Å². The van der Waals surface area contributed by atoms with Crippen LogP contribution in [0.25, 0.3) is 0 Å². The first-order chi connectivity index (χ1) is 12.9. The summed E-state index contributed by atoms with van der Waals surface area (Å²) in [5, 5.41) is 76.8. The van der Waals surface area contributed by atoms with Crippen LogP contribution >= 0.6 is 0 Å². The normalized spacial score (nSPS) is 7.50. The van der Waals surface area contributed by atoms with Gasteiger partial charge in [0.1, 0.15) is 0 Å². The van der Waals surface area contributed by atoms with Crippen molar-refractivity contribution < 1.29 is 60.7 Å². The van der Waals surface area contributed by atoms with Gasteiger partial charge in [-0.05, 0) is 13.8 Å². The maximum absolute atomic E-state index is 9.60. The van der Waals surface area contributed by atoms with Crippen molar-refractivity contribution in [3.05, 3.63) is 24.3 Å². The van der Waals surface area contributed by atoms with Gasteiger partial charge in [0.25, 0.3) is 0 Å². The highest BCUT2D eigenvalue weighted by Gasteiger charge is 1.90. The fraction of sp³-hybridized carbons (Fsp3) is 0.625. The first kappa shape index (κ1) is 40.7. The molecule has 0 fully saturated rings. The number of hydrogen-bond donors (Lipinski definition) is 10. The minimum atomic E-state index is -0.935. The number of carbonyl (C=O) groups is 2. The molecule has 0 bridgehead atoms. The summed E-state index contributed by atoms with van der Waals surface area (Å²) in [5.41, 5.74) is 0.352. The van der Waals surface area contributed by atoms with E-state index in [1.807, 2.05) is 0 Å². The van der Waals surface area contributed by atoms with E-state index < -0.39 is 11.9 Å². The maximum Gasteiger partial charge on any atom is 0.330 e. The van der Waals surface area contributed by atoms with Gasteiger partial charge in [-0.1, -0.05) is 13.2 Å². The van der Waals surface area contributed by atoms with Gasteiger partial charge in [-0.2, -0.15) is 0 Å². The average Bonchev–Trinajstić information content (AvgIpc) is 2.68. The molecule has 0 amide bonds. The Hall–Kier alpha value is -1.90. The van der Waals surface area contributed by atoms with Gasteiger partial charge in [-0.3, -0.25) is 0 Å². The highest BCUT2D eigenvalue weighted by Crippen LogP contribution is 1.81. The van der Waals surface area contributed by atoms with E-state index in [9.17, 15) is 9.59 Å². The molecule has 0 aliphatic carbocycles. The molecule has 0 aliphatic rings. The Morgan fingerprint density at radius 2 is 0.571 bits per heavy atom. The number of rotatable bonds is 6. The van der Waals surface area contributed by atoms with Crippen LogP contribution in [-0.2, 0) is 9.59 Å². The number of aliphatic hydroxyl groups excluding tert-OH is 8. The van der Waals surface area contributed by atoms with Gasteiger partial charge >= 0.3 is 11.9 Å². The van der Waals surface area contributed by atoms with E-state index in [1.54, 1.807) is 0 Å². The molecule has 0 aromatic heterocycles. The fourth-order valence-electron chi connectivity index (χ4n) is 0. The van der Waals surface area contributed by atoms with Crippen molar-refractivity contribution in [3.63, 3.8) is 0 Å². The van der Waals surface area contributed by atoms with Crippen molar-refractivity contribution in [2.45, 2.75) is 13.8 Å². The molecule has 0 aromatic rings. The lowest BCUT2D eigenvalue weighted by Gasteiger charge is -1.79. The maximum atomic E-state index is 9.60. The van der Waals surface area contributed by atoms with Crippen molar-refractivity contribution in [1.82, 2.24) is 0 Å². The molecule has 10 N–H and O–H groups in total. The predicted molar refractivity (Wildman–Crippen MR) is 102 cm³/mol. The molecule has 12 nitrogen and oxygen atoms in total. The molecule has 0 saturated heterocycles. The fourth-order valence-corrected chi connectivity index (χ4v) is 0. The standard InChI is InChI=1S/2C4H6O2.4C2H6O2/c2*1-3(2)4(5)6;4*3-1-2-4/h2*1H2,2H3,(H,5,6);4*3-4H,1-2H2. The summed E-state index contributed by atoms with van der Waals surface area (Å²) < 4.78 is 0. The molecule has 0 atom stereocenters. The molecule has 0 heterocycles. The Morgan fingerprint density at radius 3 is 0.571 bits per heavy atom. The van der Waals surface area contributed by atoms with Crippen molar-refractivity contribution in [2.75, 3.05) is 52.9 Å². The Kier molecular flexibility index (Phi) is 64.7. The summed E-state index contributed by atoms with van der Waals surface area (Å²) in [4.78, 5) is 19.2. The third-order valence-electron chi connectivity index (χ3n) is 1.13. The minimum absolute atomic E-state index is 0.125. The van der Waals surface area contributed by atoms with E-state index in [2.05, 4.69) is 13.2 Å². The molecular weight excluding hydrogens is 384 g/mol. The first-order valence-electron chi connectivity index (χ1n) is 7.59. The van der Waals surface area contributed by atoms with Gasteiger partial charge in [0, 0.05) is 11.1 Å². The van der Waals surface area contributed by atoms with Crippen LogP contribution < -0.4 is 0 Å². The zero-order chi connectivity index (χ0) is 24.0. The van der Waals surface area contributed by atoms with Crippen LogP contribution in [0, 0.1) is 0 Å². The zero-order valence-corrected chi connectivity index (χ0v) is 16.4. The first-order valence-corrected chi connectivity index (χ1v) is 7.59. The van der Waals surface area contributed by atoms with Crippen LogP contribution in [0.4, 0.5) is 0 Å². The number of carboxylic acids is 2. The summed E-state index contributed by atoms with van der Waals surface area (Å²) in [6.07, 6.45) is 0. The van der Waals surface area contributed by atoms with Crippen molar-refractivity contribution in [1.29, 1.82) is 0 Å². The molecule has 0 rings (SSSR count). The lowest BCUT2D eigenvalue weighted by molar-refractivity contribution is -0.133. The predicted octanol–water partition coefficient (Wildman–Crippen LogP) is -2.82. The number of hydrogen-bond acceptors (Lipinski definition) is 10. The summed E-state index contributed by atoms with van der Waals surface area (Å²) in [6, 6.07) is 0. The lowest BCUT2D eigenvalue weighted by Crippen LogP contribution is -1.92.